The van der Waals surface area contributed by atoms with Crippen molar-refractivity contribution < 1.29 is 5.11 Å². The molecule has 2 heteroatoms. The smallest absolute Gasteiger partial charge is 0.119 e. The lowest BCUT2D eigenvalue weighted by Gasteiger charge is -2.47. The summed E-state index contributed by atoms with van der Waals surface area (Å²) >= 11 is 0. The zero-order chi connectivity index (χ0) is 11.3. The molecule has 1 aliphatic carbocycles. The fraction of sp³-hybridized carbons (Fsp3) is 0.571. The van der Waals surface area contributed by atoms with Gasteiger partial charge >= 0.3 is 0 Å². The van der Waals surface area contributed by atoms with Gasteiger partial charge in [-0.25, -0.2) is 0 Å². The molecule has 16 heavy (non-hydrogen) atoms. The predicted molar refractivity (Wildman–Crippen MR) is 64.9 cm³/mol. The van der Waals surface area contributed by atoms with E-state index in [1.165, 1.54) is 24.0 Å². The lowest BCUT2D eigenvalue weighted by Crippen LogP contribution is -2.52. The maximum Gasteiger partial charge on any atom is 0.119 e. The molecule has 0 aromatic heterocycles. The van der Waals surface area contributed by atoms with Crippen molar-refractivity contribution in [3.63, 3.8) is 0 Å². The maximum atomic E-state index is 10.1. The van der Waals surface area contributed by atoms with Gasteiger partial charge in [-0.1, -0.05) is 26.0 Å². The summed E-state index contributed by atoms with van der Waals surface area (Å²) in [5, 5.41) is 13.7. The lowest BCUT2D eigenvalue weighted by atomic mass is 9.63. The van der Waals surface area contributed by atoms with Crippen LogP contribution in [0.4, 0.5) is 0 Å². The third-order valence-electron chi connectivity index (χ3n) is 4.43. The van der Waals surface area contributed by atoms with E-state index < -0.39 is 0 Å². The standard InChI is InChI=1S/C14H19NO/c1-14(2)12-8-9(6-7-15-12)10-4-3-5-11(16)13(10)14/h3-5,9,12,15-16H,6-8H2,1-2H3. The minimum Gasteiger partial charge on any atom is -0.508 e. The van der Waals surface area contributed by atoms with Gasteiger partial charge in [0.15, 0.2) is 0 Å². The third-order valence-corrected chi connectivity index (χ3v) is 4.43. The van der Waals surface area contributed by atoms with E-state index >= 15 is 0 Å². The Morgan fingerprint density at radius 1 is 1.38 bits per heavy atom. The van der Waals surface area contributed by atoms with E-state index in [-0.39, 0.29) is 5.41 Å². The normalized spacial score (nSPS) is 30.9. The maximum absolute atomic E-state index is 10.1. The van der Waals surface area contributed by atoms with Crippen LogP contribution in [0.5, 0.6) is 5.75 Å². The third kappa shape index (κ3) is 1.23. The molecular weight excluding hydrogens is 198 g/mol. The van der Waals surface area contributed by atoms with Gasteiger partial charge in [0.2, 0.25) is 0 Å². The summed E-state index contributed by atoms with van der Waals surface area (Å²) in [5.41, 5.74) is 2.59. The van der Waals surface area contributed by atoms with Crippen LogP contribution in [0.1, 0.15) is 43.7 Å². The molecule has 2 N–H and O–H groups in total. The lowest BCUT2D eigenvalue weighted by molar-refractivity contribution is 0.230. The Hall–Kier alpha value is -1.02. The molecule has 3 rings (SSSR count). The molecule has 2 unspecified atom stereocenters. The molecule has 86 valence electrons. The number of phenolic OH excluding ortho intramolecular Hbond substituents is 1. The van der Waals surface area contributed by atoms with Gasteiger partial charge in [-0.15, -0.1) is 0 Å². The van der Waals surface area contributed by atoms with Crippen molar-refractivity contribution in [2.75, 3.05) is 6.54 Å². The van der Waals surface area contributed by atoms with Crippen molar-refractivity contribution in [1.82, 2.24) is 5.32 Å². The summed E-state index contributed by atoms with van der Waals surface area (Å²) in [6.45, 7) is 5.59. The number of benzene rings is 1. The Morgan fingerprint density at radius 2 is 2.19 bits per heavy atom. The van der Waals surface area contributed by atoms with E-state index in [9.17, 15) is 5.11 Å². The first kappa shape index (κ1) is 10.2. The number of piperidine rings is 1. The first-order chi connectivity index (χ1) is 7.60. The average Bonchev–Trinajstić information content (AvgIpc) is 2.27. The second-order valence-electron chi connectivity index (χ2n) is 5.69. The number of phenols is 1. The van der Waals surface area contributed by atoms with Crippen LogP contribution in [0.3, 0.4) is 0 Å². The van der Waals surface area contributed by atoms with Gasteiger partial charge in [0.05, 0.1) is 0 Å². The molecule has 2 bridgehead atoms. The summed E-state index contributed by atoms with van der Waals surface area (Å²) in [4.78, 5) is 0. The molecule has 1 fully saturated rings. The quantitative estimate of drug-likeness (QED) is 0.700. The molecule has 1 aliphatic heterocycles. The highest BCUT2D eigenvalue weighted by Gasteiger charge is 2.43. The Morgan fingerprint density at radius 3 is 3.00 bits per heavy atom. The van der Waals surface area contributed by atoms with Crippen LogP contribution in [0.2, 0.25) is 0 Å². The van der Waals surface area contributed by atoms with E-state index in [1.54, 1.807) is 0 Å². The predicted octanol–water partition coefficient (Wildman–Crippen LogP) is 2.52. The van der Waals surface area contributed by atoms with Gasteiger partial charge < -0.3 is 10.4 Å². The van der Waals surface area contributed by atoms with E-state index in [0.717, 1.165) is 6.54 Å². The van der Waals surface area contributed by atoms with Crippen LogP contribution in [0.15, 0.2) is 18.2 Å². The SMILES string of the molecule is CC1(C)c2c(O)cccc2C2CCNC1C2. The van der Waals surface area contributed by atoms with Crippen molar-refractivity contribution in [3.8, 4) is 5.75 Å². The second-order valence-corrected chi connectivity index (χ2v) is 5.69. The van der Waals surface area contributed by atoms with Gasteiger partial charge in [0.1, 0.15) is 5.75 Å². The molecule has 1 aromatic carbocycles. The van der Waals surface area contributed by atoms with E-state index in [1.807, 2.05) is 12.1 Å². The molecule has 2 nitrogen and oxygen atoms in total. The van der Waals surface area contributed by atoms with Crippen molar-refractivity contribution in [3.05, 3.63) is 29.3 Å². The van der Waals surface area contributed by atoms with Gasteiger partial charge in [0.25, 0.3) is 0 Å². The van der Waals surface area contributed by atoms with Crippen LogP contribution in [-0.4, -0.2) is 17.7 Å². The molecular formula is C14H19NO. The summed E-state index contributed by atoms with van der Waals surface area (Å²) in [6.07, 6.45) is 2.41. The first-order valence-corrected chi connectivity index (χ1v) is 6.16. The van der Waals surface area contributed by atoms with Crippen molar-refractivity contribution in [2.45, 2.75) is 44.1 Å². The monoisotopic (exact) mass is 217 g/mol. The fourth-order valence-corrected chi connectivity index (χ4v) is 3.52. The first-order valence-electron chi connectivity index (χ1n) is 6.16. The van der Waals surface area contributed by atoms with Crippen molar-refractivity contribution in [1.29, 1.82) is 0 Å². The second kappa shape index (κ2) is 3.24. The average molecular weight is 217 g/mol. The highest BCUT2D eigenvalue weighted by molar-refractivity contribution is 5.49. The number of aromatic hydroxyl groups is 1. The molecule has 2 atom stereocenters. The molecule has 0 spiro atoms. The van der Waals surface area contributed by atoms with Crippen LogP contribution in [0.25, 0.3) is 0 Å². The van der Waals surface area contributed by atoms with Gasteiger partial charge in [-0.3, -0.25) is 0 Å². The highest BCUT2D eigenvalue weighted by atomic mass is 16.3. The Bertz CT molecular complexity index is 425. The Kier molecular flexibility index (Phi) is 2.05. The van der Waals surface area contributed by atoms with E-state index in [4.69, 9.17) is 0 Å². The van der Waals surface area contributed by atoms with Crippen LogP contribution in [0, 0.1) is 0 Å². The molecule has 0 amide bonds. The summed E-state index contributed by atoms with van der Waals surface area (Å²) in [6, 6.07) is 6.50. The number of hydrogen-bond donors (Lipinski definition) is 2. The molecule has 1 saturated heterocycles. The van der Waals surface area contributed by atoms with Gasteiger partial charge in [0, 0.05) is 17.0 Å². The minimum absolute atomic E-state index is 0.0393. The highest BCUT2D eigenvalue weighted by Crippen LogP contribution is 2.48. The van der Waals surface area contributed by atoms with Gasteiger partial charge in [-0.2, -0.15) is 0 Å². The Labute approximate surface area is 96.7 Å². The van der Waals surface area contributed by atoms with Gasteiger partial charge in [-0.05, 0) is 36.9 Å². The molecule has 1 aromatic rings. The number of fused-ring (bicyclic) bond motifs is 4. The minimum atomic E-state index is 0.0393. The summed E-state index contributed by atoms with van der Waals surface area (Å²) in [5.74, 6) is 1.11. The Balaban J connectivity index is 2.23. The molecule has 0 radical (unpaired) electrons. The fourth-order valence-electron chi connectivity index (χ4n) is 3.52. The number of nitrogens with one attached hydrogen (secondary N) is 1. The molecule has 2 aliphatic rings. The number of hydrogen-bond acceptors (Lipinski definition) is 2. The van der Waals surface area contributed by atoms with Crippen LogP contribution < -0.4 is 5.32 Å². The van der Waals surface area contributed by atoms with Crippen molar-refractivity contribution in [2.24, 2.45) is 0 Å². The topological polar surface area (TPSA) is 32.3 Å². The summed E-state index contributed by atoms with van der Waals surface area (Å²) in [7, 11) is 0. The molecule has 0 saturated carbocycles. The van der Waals surface area contributed by atoms with Crippen LogP contribution >= 0.6 is 0 Å². The van der Waals surface area contributed by atoms with E-state index in [2.05, 4.69) is 25.2 Å². The summed E-state index contributed by atoms with van der Waals surface area (Å²) < 4.78 is 0. The largest absolute Gasteiger partial charge is 0.508 e. The van der Waals surface area contributed by atoms with E-state index in [0.29, 0.717) is 17.7 Å². The number of rotatable bonds is 0. The van der Waals surface area contributed by atoms with Crippen molar-refractivity contribution >= 4 is 0 Å². The van der Waals surface area contributed by atoms with Crippen LogP contribution in [-0.2, 0) is 5.41 Å². The zero-order valence-corrected chi connectivity index (χ0v) is 9.96. The zero-order valence-electron chi connectivity index (χ0n) is 9.96. The molecule has 1 heterocycles.